The zero-order valence-electron chi connectivity index (χ0n) is 14.9. The van der Waals surface area contributed by atoms with E-state index >= 15 is 0 Å². The molecule has 0 spiro atoms. The predicted octanol–water partition coefficient (Wildman–Crippen LogP) is 6.23. The molecule has 0 N–H and O–H groups in total. The Morgan fingerprint density at radius 1 is 1.04 bits per heavy atom. The average molecular weight is 324 g/mol. The second-order valence-electron chi connectivity index (χ2n) is 7.30. The van der Waals surface area contributed by atoms with Gasteiger partial charge in [-0.3, -0.25) is 4.79 Å². The van der Waals surface area contributed by atoms with Crippen LogP contribution < -0.4 is 4.74 Å². The molecule has 1 fully saturated rings. The minimum atomic E-state index is -0.135. The first-order valence-electron chi connectivity index (χ1n) is 9.40. The van der Waals surface area contributed by atoms with E-state index in [0.29, 0.717) is 18.1 Å². The maximum absolute atomic E-state index is 11.8. The largest absolute Gasteiger partial charge is 0.427 e. The van der Waals surface area contributed by atoms with Crippen LogP contribution in [0.5, 0.6) is 5.75 Å². The van der Waals surface area contributed by atoms with Crippen molar-refractivity contribution in [3.63, 3.8) is 0 Å². The number of carbonyl (C=O) groups excluding carboxylic acids is 1. The summed E-state index contributed by atoms with van der Waals surface area (Å²) < 4.78 is 5.44. The summed E-state index contributed by atoms with van der Waals surface area (Å²) >= 11 is 0. The van der Waals surface area contributed by atoms with E-state index in [0.717, 1.165) is 24.1 Å². The normalized spacial score (nSPS) is 20.9. The zero-order chi connectivity index (χ0) is 16.9. The van der Waals surface area contributed by atoms with Crippen molar-refractivity contribution in [2.24, 2.45) is 5.92 Å². The topological polar surface area (TPSA) is 26.3 Å². The highest BCUT2D eigenvalue weighted by molar-refractivity contribution is 5.85. The molecule has 0 aliphatic heterocycles. The first kappa shape index (κ1) is 17.0. The van der Waals surface area contributed by atoms with Gasteiger partial charge in [0.25, 0.3) is 0 Å². The van der Waals surface area contributed by atoms with Crippen molar-refractivity contribution in [2.75, 3.05) is 0 Å². The first-order valence-corrected chi connectivity index (χ1v) is 9.40. The van der Waals surface area contributed by atoms with Crippen LogP contribution in [-0.2, 0) is 4.79 Å². The molecule has 1 aliphatic rings. The molecule has 0 unspecified atom stereocenters. The van der Waals surface area contributed by atoms with E-state index in [1.165, 1.54) is 36.6 Å². The van der Waals surface area contributed by atoms with Gasteiger partial charge in [0, 0.05) is 6.42 Å². The molecule has 2 aromatic carbocycles. The van der Waals surface area contributed by atoms with Gasteiger partial charge in [0.2, 0.25) is 0 Å². The number of hydrogen-bond donors (Lipinski definition) is 0. The van der Waals surface area contributed by atoms with E-state index in [9.17, 15) is 4.79 Å². The molecule has 0 heterocycles. The molecule has 1 saturated carbocycles. The lowest BCUT2D eigenvalue weighted by Crippen LogP contribution is -2.10. The minimum Gasteiger partial charge on any atom is -0.427 e. The fourth-order valence-corrected chi connectivity index (χ4v) is 3.66. The number of benzene rings is 2. The van der Waals surface area contributed by atoms with Gasteiger partial charge in [-0.25, -0.2) is 0 Å². The van der Waals surface area contributed by atoms with Crippen molar-refractivity contribution in [3.8, 4) is 5.75 Å². The van der Waals surface area contributed by atoms with Gasteiger partial charge in [0.15, 0.2) is 0 Å². The second kappa shape index (κ2) is 7.83. The summed E-state index contributed by atoms with van der Waals surface area (Å²) in [5, 5.41) is 2.38. The third kappa shape index (κ3) is 4.17. The van der Waals surface area contributed by atoms with Crippen LogP contribution >= 0.6 is 0 Å². The average Bonchev–Trinajstić information content (AvgIpc) is 2.60. The monoisotopic (exact) mass is 324 g/mol. The summed E-state index contributed by atoms with van der Waals surface area (Å²) in [4.78, 5) is 11.8. The highest BCUT2D eigenvalue weighted by Crippen LogP contribution is 2.36. The first-order chi connectivity index (χ1) is 11.7. The Morgan fingerprint density at radius 2 is 1.75 bits per heavy atom. The molecular formula is C22H28O2. The lowest BCUT2D eigenvalue weighted by atomic mass is 9.79. The van der Waals surface area contributed by atoms with E-state index in [-0.39, 0.29) is 5.97 Å². The van der Waals surface area contributed by atoms with Crippen LogP contribution in [0.3, 0.4) is 0 Å². The highest BCUT2D eigenvalue weighted by Gasteiger charge is 2.19. The maximum atomic E-state index is 11.8. The number of fused-ring (bicyclic) bond motifs is 1. The number of hydrogen-bond acceptors (Lipinski definition) is 2. The van der Waals surface area contributed by atoms with Gasteiger partial charge in [-0.2, -0.15) is 0 Å². The van der Waals surface area contributed by atoms with Crippen LogP contribution in [0.25, 0.3) is 10.8 Å². The molecule has 0 amide bonds. The molecule has 128 valence electrons. The standard InChI is InChI=1S/C22H28O2/c1-3-4-5-22(23)24-21-13-12-19-14-18(10-11-20(19)15-21)17-8-6-16(2)7-9-17/h10-17H,3-9H2,1-2H3/t16-,17-. The van der Waals surface area contributed by atoms with Gasteiger partial charge < -0.3 is 4.74 Å². The zero-order valence-corrected chi connectivity index (χ0v) is 14.9. The van der Waals surface area contributed by atoms with Crippen molar-refractivity contribution in [1.29, 1.82) is 0 Å². The quantitative estimate of drug-likeness (QED) is 0.481. The Kier molecular flexibility index (Phi) is 5.55. The van der Waals surface area contributed by atoms with Gasteiger partial charge in [-0.15, -0.1) is 0 Å². The van der Waals surface area contributed by atoms with Crippen molar-refractivity contribution in [1.82, 2.24) is 0 Å². The molecule has 2 aromatic rings. The van der Waals surface area contributed by atoms with E-state index in [1.807, 2.05) is 12.1 Å². The van der Waals surface area contributed by atoms with Crippen LogP contribution in [-0.4, -0.2) is 5.97 Å². The maximum Gasteiger partial charge on any atom is 0.311 e. The number of carbonyl (C=O) groups is 1. The molecule has 0 radical (unpaired) electrons. The van der Waals surface area contributed by atoms with Gasteiger partial charge in [-0.05, 0) is 59.6 Å². The molecule has 1 aliphatic carbocycles. The van der Waals surface area contributed by atoms with Crippen LogP contribution in [0.15, 0.2) is 36.4 Å². The molecule has 0 saturated heterocycles. The predicted molar refractivity (Wildman–Crippen MR) is 99.5 cm³/mol. The third-order valence-electron chi connectivity index (χ3n) is 5.29. The van der Waals surface area contributed by atoms with Crippen molar-refractivity contribution in [3.05, 3.63) is 42.0 Å². The molecule has 3 rings (SSSR count). The summed E-state index contributed by atoms with van der Waals surface area (Å²) in [6, 6.07) is 12.7. The van der Waals surface area contributed by atoms with Gasteiger partial charge in [-0.1, -0.05) is 57.4 Å². The third-order valence-corrected chi connectivity index (χ3v) is 5.29. The minimum absolute atomic E-state index is 0.135. The van der Waals surface area contributed by atoms with Crippen molar-refractivity contribution < 1.29 is 9.53 Å². The molecule has 2 nitrogen and oxygen atoms in total. The summed E-state index contributed by atoms with van der Waals surface area (Å²) in [6.45, 7) is 4.44. The van der Waals surface area contributed by atoms with E-state index in [1.54, 1.807) is 0 Å². The Morgan fingerprint density at radius 3 is 2.50 bits per heavy atom. The summed E-state index contributed by atoms with van der Waals surface area (Å²) in [7, 11) is 0. The molecule has 0 atom stereocenters. The Hall–Kier alpha value is -1.83. The SMILES string of the molecule is CCCCC(=O)Oc1ccc2cc([C@H]3CC[C@H](C)CC3)ccc2c1. The van der Waals surface area contributed by atoms with Crippen LogP contribution in [0, 0.1) is 5.92 Å². The second-order valence-corrected chi connectivity index (χ2v) is 7.30. The van der Waals surface area contributed by atoms with E-state index < -0.39 is 0 Å². The van der Waals surface area contributed by atoms with Crippen LogP contribution in [0.1, 0.15) is 70.3 Å². The van der Waals surface area contributed by atoms with E-state index in [4.69, 9.17) is 4.74 Å². The fourth-order valence-electron chi connectivity index (χ4n) is 3.66. The molecule has 0 aromatic heterocycles. The number of unbranched alkanes of at least 4 members (excludes halogenated alkanes) is 1. The molecule has 2 heteroatoms. The molecular weight excluding hydrogens is 296 g/mol. The molecule has 24 heavy (non-hydrogen) atoms. The van der Waals surface area contributed by atoms with Gasteiger partial charge in [0.05, 0.1) is 0 Å². The van der Waals surface area contributed by atoms with Crippen molar-refractivity contribution in [2.45, 2.75) is 64.7 Å². The lowest BCUT2D eigenvalue weighted by molar-refractivity contribution is -0.134. The highest BCUT2D eigenvalue weighted by atomic mass is 16.5. The number of ether oxygens (including phenoxy) is 1. The summed E-state index contributed by atoms with van der Waals surface area (Å²) in [5.41, 5.74) is 1.46. The summed E-state index contributed by atoms with van der Waals surface area (Å²) in [6.07, 6.45) is 7.68. The Labute approximate surface area is 145 Å². The van der Waals surface area contributed by atoms with Crippen LogP contribution in [0.2, 0.25) is 0 Å². The van der Waals surface area contributed by atoms with Crippen molar-refractivity contribution >= 4 is 16.7 Å². The number of rotatable bonds is 5. The fraction of sp³-hybridized carbons (Fsp3) is 0.500. The van der Waals surface area contributed by atoms with Crippen LogP contribution in [0.4, 0.5) is 0 Å². The number of esters is 1. The smallest absolute Gasteiger partial charge is 0.311 e. The Bertz CT molecular complexity index is 696. The molecule has 0 bridgehead atoms. The van der Waals surface area contributed by atoms with E-state index in [2.05, 4.69) is 38.1 Å². The summed E-state index contributed by atoms with van der Waals surface area (Å²) in [5.74, 6) is 2.11. The van der Waals surface area contributed by atoms with Gasteiger partial charge in [0.1, 0.15) is 5.75 Å². The van der Waals surface area contributed by atoms with Gasteiger partial charge >= 0.3 is 5.97 Å². The lowest BCUT2D eigenvalue weighted by Gasteiger charge is -2.26. The Balaban J connectivity index is 1.72.